The molecule has 7 heteroatoms. The molecular formula is C12H14ClN3OS2. The predicted molar refractivity (Wildman–Crippen MR) is 81.3 cm³/mol. The van der Waals surface area contributed by atoms with Crippen LogP contribution in [0.1, 0.15) is 5.82 Å². The zero-order valence-electron chi connectivity index (χ0n) is 10.4. The van der Waals surface area contributed by atoms with Crippen molar-refractivity contribution in [2.45, 2.75) is 10.6 Å². The number of hydrogen-bond donors (Lipinski definition) is 1. The molecule has 0 fully saturated rings. The number of aromatic nitrogens is 2. The van der Waals surface area contributed by atoms with E-state index in [9.17, 15) is 0 Å². The van der Waals surface area contributed by atoms with Gasteiger partial charge in [-0.1, -0.05) is 17.7 Å². The third kappa shape index (κ3) is 4.99. The first-order chi connectivity index (χ1) is 9.28. The number of ether oxygens (including phenoxy) is 1. The number of nitrogens with one attached hydrogen (secondary N) is 1. The van der Waals surface area contributed by atoms with Gasteiger partial charge in [-0.15, -0.1) is 11.8 Å². The van der Waals surface area contributed by atoms with Crippen molar-refractivity contribution < 1.29 is 4.74 Å². The molecule has 19 heavy (non-hydrogen) atoms. The van der Waals surface area contributed by atoms with Crippen LogP contribution in [0.4, 0.5) is 5.13 Å². The van der Waals surface area contributed by atoms with Crippen LogP contribution in [0.5, 0.6) is 0 Å². The SMILES string of the molecule is COCCNc1nc(CSc2cccc(Cl)c2)ns1. The van der Waals surface area contributed by atoms with E-state index in [1.54, 1.807) is 18.9 Å². The van der Waals surface area contributed by atoms with E-state index in [1.165, 1.54) is 11.5 Å². The first-order valence-corrected chi connectivity index (χ1v) is 7.85. The monoisotopic (exact) mass is 315 g/mol. The van der Waals surface area contributed by atoms with Gasteiger partial charge in [0.05, 0.1) is 12.4 Å². The Bertz CT molecular complexity index is 521. The van der Waals surface area contributed by atoms with E-state index in [0.717, 1.165) is 33.2 Å². The van der Waals surface area contributed by atoms with Crippen molar-refractivity contribution in [3.8, 4) is 0 Å². The zero-order chi connectivity index (χ0) is 13.5. The average molecular weight is 316 g/mol. The molecule has 4 nitrogen and oxygen atoms in total. The summed E-state index contributed by atoms with van der Waals surface area (Å²) in [5, 5.41) is 4.74. The normalized spacial score (nSPS) is 10.6. The Balaban J connectivity index is 1.83. The summed E-state index contributed by atoms with van der Waals surface area (Å²) < 4.78 is 9.27. The molecule has 0 bridgehead atoms. The quantitative estimate of drug-likeness (QED) is 0.625. The molecule has 0 unspecified atom stereocenters. The molecule has 1 aromatic heterocycles. The molecule has 0 aliphatic carbocycles. The summed E-state index contributed by atoms with van der Waals surface area (Å²) in [6.45, 7) is 1.40. The lowest BCUT2D eigenvalue weighted by atomic mass is 10.4. The molecule has 1 N–H and O–H groups in total. The largest absolute Gasteiger partial charge is 0.383 e. The van der Waals surface area contributed by atoms with Gasteiger partial charge in [-0.3, -0.25) is 0 Å². The van der Waals surface area contributed by atoms with Gasteiger partial charge >= 0.3 is 0 Å². The first-order valence-electron chi connectivity index (χ1n) is 5.71. The van der Waals surface area contributed by atoms with Gasteiger partial charge in [-0.25, -0.2) is 4.98 Å². The van der Waals surface area contributed by atoms with Crippen molar-refractivity contribution in [1.82, 2.24) is 9.36 Å². The topological polar surface area (TPSA) is 47.0 Å². The molecule has 0 saturated carbocycles. The molecule has 0 aliphatic rings. The molecule has 2 rings (SSSR count). The predicted octanol–water partition coefficient (Wildman–Crippen LogP) is 3.54. The summed E-state index contributed by atoms with van der Waals surface area (Å²) >= 11 is 8.98. The van der Waals surface area contributed by atoms with Gasteiger partial charge < -0.3 is 10.1 Å². The van der Waals surface area contributed by atoms with Crippen LogP contribution in [-0.2, 0) is 10.5 Å². The van der Waals surface area contributed by atoms with Crippen LogP contribution in [-0.4, -0.2) is 29.6 Å². The maximum absolute atomic E-state index is 5.94. The van der Waals surface area contributed by atoms with Crippen LogP contribution >= 0.6 is 34.9 Å². The number of anilines is 1. The molecule has 2 aromatic rings. The molecule has 1 heterocycles. The number of methoxy groups -OCH3 is 1. The van der Waals surface area contributed by atoms with Crippen LogP contribution in [0, 0.1) is 0 Å². The summed E-state index contributed by atoms with van der Waals surface area (Å²) in [6.07, 6.45) is 0. The van der Waals surface area contributed by atoms with Crippen molar-refractivity contribution in [1.29, 1.82) is 0 Å². The Morgan fingerprint density at radius 1 is 1.47 bits per heavy atom. The van der Waals surface area contributed by atoms with Gasteiger partial charge in [0.2, 0.25) is 5.13 Å². The Morgan fingerprint density at radius 2 is 2.37 bits per heavy atom. The minimum Gasteiger partial charge on any atom is -0.383 e. The fourth-order valence-corrected chi connectivity index (χ4v) is 3.11. The molecule has 0 atom stereocenters. The summed E-state index contributed by atoms with van der Waals surface area (Å²) in [6, 6.07) is 7.78. The standard InChI is InChI=1S/C12H14ClN3OS2/c1-17-6-5-14-12-15-11(16-19-12)8-18-10-4-2-3-9(13)7-10/h2-4,7H,5-6,8H2,1H3,(H,14,15,16). The summed E-state index contributed by atoms with van der Waals surface area (Å²) in [5.74, 6) is 1.57. The van der Waals surface area contributed by atoms with Gasteiger partial charge in [-0.05, 0) is 18.2 Å². The first kappa shape index (κ1) is 14.6. The number of halogens is 1. The van der Waals surface area contributed by atoms with Crippen molar-refractivity contribution >= 4 is 40.0 Å². The Kier molecular flexibility index (Phi) is 5.91. The zero-order valence-corrected chi connectivity index (χ0v) is 12.8. The van der Waals surface area contributed by atoms with Gasteiger partial charge in [0.15, 0.2) is 5.82 Å². The van der Waals surface area contributed by atoms with E-state index in [1.807, 2.05) is 24.3 Å². The molecule has 0 spiro atoms. The molecule has 0 saturated heterocycles. The van der Waals surface area contributed by atoms with Crippen LogP contribution in [0.3, 0.4) is 0 Å². The third-order valence-corrected chi connectivity index (χ3v) is 4.15. The Morgan fingerprint density at radius 3 is 3.16 bits per heavy atom. The highest BCUT2D eigenvalue weighted by molar-refractivity contribution is 7.98. The van der Waals surface area contributed by atoms with E-state index >= 15 is 0 Å². The van der Waals surface area contributed by atoms with Gasteiger partial charge in [-0.2, -0.15) is 4.37 Å². The van der Waals surface area contributed by atoms with Crippen molar-refractivity contribution in [2.24, 2.45) is 0 Å². The minimum atomic E-state index is 0.659. The molecule has 0 radical (unpaired) electrons. The Hall–Kier alpha value is -0.820. The van der Waals surface area contributed by atoms with Crippen molar-refractivity contribution in [3.63, 3.8) is 0 Å². The van der Waals surface area contributed by atoms with E-state index in [-0.39, 0.29) is 0 Å². The fraction of sp³-hybridized carbons (Fsp3) is 0.333. The van der Waals surface area contributed by atoms with Gasteiger partial charge in [0, 0.05) is 35.1 Å². The fourth-order valence-electron chi connectivity index (χ4n) is 1.35. The highest BCUT2D eigenvalue weighted by Crippen LogP contribution is 2.25. The third-order valence-electron chi connectivity index (χ3n) is 2.21. The molecule has 0 amide bonds. The summed E-state index contributed by atoms with van der Waals surface area (Å²) in [5.41, 5.74) is 0. The van der Waals surface area contributed by atoms with Crippen LogP contribution in [0.25, 0.3) is 0 Å². The van der Waals surface area contributed by atoms with Crippen LogP contribution < -0.4 is 5.32 Å². The highest BCUT2D eigenvalue weighted by Gasteiger charge is 2.04. The lowest BCUT2D eigenvalue weighted by molar-refractivity contribution is 0.211. The maximum Gasteiger partial charge on any atom is 0.202 e. The van der Waals surface area contributed by atoms with E-state index in [0.29, 0.717) is 6.61 Å². The number of rotatable bonds is 7. The second-order valence-corrected chi connectivity index (χ2v) is 5.92. The maximum atomic E-state index is 5.94. The number of thioether (sulfide) groups is 1. The second-order valence-electron chi connectivity index (χ2n) is 3.68. The summed E-state index contributed by atoms with van der Waals surface area (Å²) in [4.78, 5) is 5.53. The molecule has 102 valence electrons. The highest BCUT2D eigenvalue weighted by atomic mass is 35.5. The minimum absolute atomic E-state index is 0.659. The molecular weight excluding hydrogens is 302 g/mol. The lowest BCUT2D eigenvalue weighted by Gasteiger charge is -2.00. The van der Waals surface area contributed by atoms with Crippen LogP contribution in [0.2, 0.25) is 5.02 Å². The Labute approximate surface area is 125 Å². The number of nitrogens with zero attached hydrogens (tertiary/aromatic N) is 2. The second kappa shape index (κ2) is 7.69. The smallest absolute Gasteiger partial charge is 0.202 e. The van der Waals surface area contributed by atoms with Crippen LogP contribution in [0.15, 0.2) is 29.2 Å². The van der Waals surface area contributed by atoms with E-state index in [2.05, 4.69) is 14.7 Å². The van der Waals surface area contributed by atoms with E-state index < -0.39 is 0 Å². The number of hydrogen-bond acceptors (Lipinski definition) is 6. The molecule has 1 aromatic carbocycles. The van der Waals surface area contributed by atoms with E-state index in [4.69, 9.17) is 16.3 Å². The number of benzene rings is 1. The molecule has 0 aliphatic heterocycles. The van der Waals surface area contributed by atoms with Crippen molar-refractivity contribution in [2.75, 3.05) is 25.6 Å². The lowest BCUT2D eigenvalue weighted by Crippen LogP contribution is -2.07. The van der Waals surface area contributed by atoms with Gasteiger partial charge in [0.1, 0.15) is 0 Å². The summed E-state index contributed by atoms with van der Waals surface area (Å²) in [7, 11) is 1.68. The van der Waals surface area contributed by atoms with Crippen molar-refractivity contribution in [3.05, 3.63) is 35.1 Å². The average Bonchev–Trinajstić information content (AvgIpc) is 2.85. The van der Waals surface area contributed by atoms with Gasteiger partial charge in [0.25, 0.3) is 0 Å².